The number of hydrogen-bond donors (Lipinski definition) is 0. The molecule has 1 fully saturated rings. The molecular formula is C20H39NO5Si. The highest BCUT2D eigenvalue weighted by Gasteiger charge is 2.45. The van der Waals surface area contributed by atoms with Crippen LogP contribution in [0.1, 0.15) is 67.7 Å². The summed E-state index contributed by atoms with van der Waals surface area (Å²) in [5, 5.41) is 0.0814. The van der Waals surface area contributed by atoms with E-state index in [0.29, 0.717) is 19.6 Å². The lowest BCUT2D eigenvalue weighted by molar-refractivity contribution is -0.143. The molecule has 0 aromatic carbocycles. The zero-order valence-electron chi connectivity index (χ0n) is 18.7. The predicted molar refractivity (Wildman–Crippen MR) is 109 cm³/mol. The van der Waals surface area contributed by atoms with Gasteiger partial charge in [-0.3, -0.25) is 4.79 Å². The van der Waals surface area contributed by atoms with Crippen molar-refractivity contribution in [2.24, 2.45) is 0 Å². The van der Waals surface area contributed by atoms with Crippen molar-refractivity contribution in [3.05, 3.63) is 0 Å². The summed E-state index contributed by atoms with van der Waals surface area (Å²) < 4.78 is 17.3. The number of esters is 1. The zero-order valence-corrected chi connectivity index (χ0v) is 19.7. The van der Waals surface area contributed by atoms with Crippen LogP contribution in [0.5, 0.6) is 0 Å². The smallest absolute Gasteiger partial charge is 0.410 e. The van der Waals surface area contributed by atoms with Crippen LogP contribution in [-0.4, -0.2) is 56.2 Å². The Balaban J connectivity index is 2.94. The molecule has 27 heavy (non-hydrogen) atoms. The molecule has 0 saturated carbocycles. The molecular weight excluding hydrogens is 362 g/mol. The molecule has 0 bridgehead atoms. The monoisotopic (exact) mass is 401 g/mol. The van der Waals surface area contributed by atoms with Gasteiger partial charge in [-0.2, -0.15) is 0 Å². The first kappa shape index (κ1) is 24.0. The molecule has 0 unspecified atom stereocenters. The van der Waals surface area contributed by atoms with E-state index in [1.165, 1.54) is 0 Å². The minimum atomic E-state index is -1.99. The minimum Gasteiger partial charge on any atom is -0.466 e. The summed E-state index contributed by atoms with van der Waals surface area (Å²) in [4.78, 5) is 26.3. The van der Waals surface area contributed by atoms with E-state index in [-0.39, 0.29) is 35.7 Å². The largest absolute Gasteiger partial charge is 0.466 e. The fourth-order valence-corrected chi connectivity index (χ4v) is 4.29. The standard InChI is InChI=1S/C20H39NO5Si/c1-10-24-17(22)12-11-15-16(26-27(8,9)20(5,6)7)13-14-21(15)18(23)25-19(2,3)4/h15-16H,10-14H2,1-9H3/t15-,16+/m1/s1. The van der Waals surface area contributed by atoms with Crippen molar-refractivity contribution in [1.82, 2.24) is 4.90 Å². The van der Waals surface area contributed by atoms with Crippen LogP contribution < -0.4 is 0 Å². The lowest BCUT2D eigenvalue weighted by atomic mass is 10.1. The van der Waals surface area contributed by atoms with Gasteiger partial charge in [-0.25, -0.2) is 4.79 Å². The van der Waals surface area contributed by atoms with Crippen molar-refractivity contribution in [1.29, 1.82) is 0 Å². The summed E-state index contributed by atoms with van der Waals surface area (Å²) in [7, 11) is -1.99. The number of hydrogen-bond acceptors (Lipinski definition) is 5. The summed E-state index contributed by atoms with van der Waals surface area (Å²) in [6.07, 6.45) is 1.15. The Hall–Kier alpha value is -1.08. The molecule has 0 spiro atoms. The van der Waals surface area contributed by atoms with E-state index in [4.69, 9.17) is 13.9 Å². The Morgan fingerprint density at radius 2 is 1.70 bits per heavy atom. The number of ether oxygens (including phenoxy) is 2. The van der Waals surface area contributed by atoms with Crippen LogP contribution in [0.15, 0.2) is 0 Å². The van der Waals surface area contributed by atoms with Crippen LogP contribution in [0.3, 0.4) is 0 Å². The maximum absolute atomic E-state index is 12.7. The third-order valence-electron chi connectivity index (χ3n) is 5.31. The third kappa shape index (κ3) is 7.10. The molecule has 1 aliphatic heterocycles. The molecule has 0 aromatic heterocycles. The Labute approximate surface area is 166 Å². The fraction of sp³-hybridized carbons (Fsp3) is 0.900. The molecule has 1 aliphatic rings. The zero-order chi connectivity index (χ0) is 21.0. The third-order valence-corrected chi connectivity index (χ3v) is 9.82. The molecule has 7 heteroatoms. The van der Waals surface area contributed by atoms with Crippen molar-refractivity contribution in [2.45, 2.75) is 104 Å². The number of carbonyl (C=O) groups excluding carboxylic acids is 2. The number of amides is 1. The second-order valence-electron chi connectivity index (χ2n) is 9.79. The minimum absolute atomic E-state index is 0.0761. The van der Waals surface area contributed by atoms with Gasteiger partial charge in [0, 0.05) is 13.0 Å². The lowest BCUT2D eigenvalue weighted by Gasteiger charge is -2.40. The van der Waals surface area contributed by atoms with Crippen molar-refractivity contribution in [3.8, 4) is 0 Å². The first-order valence-electron chi connectivity index (χ1n) is 10.0. The highest BCUT2D eigenvalue weighted by atomic mass is 28.4. The molecule has 6 nitrogen and oxygen atoms in total. The average Bonchev–Trinajstić information content (AvgIpc) is 2.84. The van der Waals surface area contributed by atoms with Gasteiger partial charge >= 0.3 is 12.1 Å². The molecule has 1 heterocycles. The quantitative estimate of drug-likeness (QED) is 0.475. The molecule has 2 atom stereocenters. The highest BCUT2D eigenvalue weighted by Crippen LogP contribution is 2.40. The van der Waals surface area contributed by atoms with Gasteiger partial charge in [0.05, 0.1) is 18.8 Å². The maximum Gasteiger partial charge on any atom is 0.410 e. The first-order chi connectivity index (χ1) is 12.2. The summed E-state index contributed by atoms with van der Waals surface area (Å²) in [5.74, 6) is -0.236. The van der Waals surface area contributed by atoms with E-state index in [1.807, 2.05) is 20.8 Å². The predicted octanol–water partition coefficient (Wildman–Crippen LogP) is 4.73. The summed E-state index contributed by atoms with van der Waals surface area (Å²) in [6, 6.07) is -0.168. The summed E-state index contributed by atoms with van der Waals surface area (Å²) in [6.45, 7) is 19.4. The summed E-state index contributed by atoms with van der Waals surface area (Å²) >= 11 is 0. The number of nitrogens with zero attached hydrogens (tertiary/aromatic N) is 1. The molecule has 0 N–H and O–H groups in total. The van der Waals surface area contributed by atoms with Crippen LogP contribution in [0, 0.1) is 0 Å². The molecule has 0 radical (unpaired) electrons. The topological polar surface area (TPSA) is 65.1 Å². The second kappa shape index (κ2) is 8.95. The second-order valence-corrected chi connectivity index (χ2v) is 14.5. The van der Waals surface area contributed by atoms with Crippen molar-refractivity contribution in [2.75, 3.05) is 13.2 Å². The van der Waals surface area contributed by atoms with Crippen molar-refractivity contribution >= 4 is 20.4 Å². The van der Waals surface area contributed by atoms with Gasteiger partial charge < -0.3 is 18.8 Å². The van der Waals surface area contributed by atoms with Crippen LogP contribution in [0.25, 0.3) is 0 Å². The average molecular weight is 402 g/mol. The van der Waals surface area contributed by atoms with Crippen LogP contribution >= 0.6 is 0 Å². The van der Waals surface area contributed by atoms with Crippen molar-refractivity contribution in [3.63, 3.8) is 0 Å². The van der Waals surface area contributed by atoms with Gasteiger partial charge in [0.25, 0.3) is 0 Å². The normalized spacial score (nSPS) is 21.3. The number of carbonyl (C=O) groups is 2. The van der Waals surface area contributed by atoms with Gasteiger partial charge in [0.2, 0.25) is 0 Å². The van der Waals surface area contributed by atoms with E-state index in [1.54, 1.807) is 11.8 Å². The SMILES string of the molecule is CCOC(=O)CC[C@@H]1[C@@H](O[Si](C)(C)C(C)(C)C)CCN1C(=O)OC(C)(C)C. The van der Waals surface area contributed by atoms with Gasteiger partial charge in [0.15, 0.2) is 8.32 Å². The fourth-order valence-electron chi connectivity index (χ4n) is 2.91. The highest BCUT2D eigenvalue weighted by molar-refractivity contribution is 6.74. The Kier molecular flexibility index (Phi) is 7.94. The van der Waals surface area contributed by atoms with Gasteiger partial charge in [-0.15, -0.1) is 0 Å². The first-order valence-corrected chi connectivity index (χ1v) is 12.9. The van der Waals surface area contributed by atoms with E-state index in [9.17, 15) is 9.59 Å². The maximum atomic E-state index is 12.7. The van der Waals surface area contributed by atoms with E-state index in [0.717, 1.165) is 6.42 Å². The molecule has 1 amide bonds. The molecule has 158 valence electrons. The number of likely N-dealkylation sites (tertiary alicyclic amines) is 1. The van der Waals surface area contributed by atoms with Gasteiger partial charge in [-0.1, -0.05) is 20.8 Å². The molecule has 1 saturated heterocycles. The van der Waals surface area contributed by atoms with E-state index >= 15 is 0 Å². The molecule has 1 rings (SSSR count). The number of rotatable bonds is 6. The van der Waals surface area contributed by atoms with Crippen LogP contribution in [0.2, 0.25) is 18.1 Å². The van der Waals surface area contributed by atoms with Crippen molar-refractivity contribution < 1.29 is 23.5 Å². The van der Waals surface area contributed by atoms with E-state index < -0.39 is 13.9 Å². The Bertz CT molecular complexity index is 521. The Morgan fingerprint density at radius 1 is 1.11 bits per heavy atom. The van der Waals surface area contributed by atoms with Gasteiger partial charge in [-0.05, 0) is 58.7 Å². The van der Waals surface area contributed by atoms with Gasteiger partial charge in [0.1, 0.15) is 5.60 Å². The molecule has 0 aliphatic carbocycles. The Morgan fingerprint density at radius 3 is 2.19 bits per heavy atom. The van der Waals surface area contributed by atoms with Crippen LogP contribution in [0.4, 0.5) is 4.79 Å². The summed E-state index contributed by atoms with van der Waals surface area (Å²) in [5.41, 5.74) is -0.554. The van der Waals surface area contributed by atoms with E-state index in [2.05, 4.69) is 33.9 Å². The lowest BCUT2D eigenvalue weighted by Crippen LogP contribution is -2.49. The van der Waals surface area contributed by atoms with Crippen LogP contribution in [-0.2, 0) is 18.7 Å². The molecule has 0 aromatic rings.